The fourth-order valence-electron chi connectivity index (χ4n) is 3.39. The van der Waals surface area contributed by atoms with Crippen molar-refractivity contribution in [1.29, 1.82) is 0 Å². The van der Waals surface area contributed by atoms with Crippen LogP contribution < -0.4 is 5.56 Å². The molecule has 1 saturated heterocycles. The zero-order valence-corrected chi connectivity index (χ0v) is 15.3. The van der Waals surface area contributed by atoms with Crippen molar-refractivity contribution >= 4 is 17.3 Å². The Labute approximate surface area is 152 Å². The van der Waals surface area contributed by atoms with Crippen LogP contribution in [-0.4, -0.2) is 24.5 Å². The molecule has 0 bridgehead atoms. The van der Waals surface area contributed by atoms with Crippen LogP contribution in [0.25, 0.3) is 5.57 Å². The highest BCUT2D eigenvalue weighted by molar-refractivity contribution is 7.98. The topological polar surface area (TPSA) is 42.1 Å². The Morgan fingerprint density at radius 2 is 1.96 bits per heavy atom. The van der Waals surface area contributed by atoms with Crippen molar-refractivity contribution in [3.8, 4) is 0 Å². The molecule has 1 unspecified atom stereocenters. The lowest BCUT2D eigenvalue weighted by Crippen LogP contribution is -2.13. The molecule has 4 heteroatoms. The summed E-state index contributed by atoms with van der Waals surface area (Å²) in [6.07, 6.45) is 7.66. The predicted octanol–water partition coefficient (Wildman–Crippen LogP) is 4.44. The summed E-state index contributed by atoms with van der Waals surface area (Å²) in [5.41, 5.74) is 4.14. The maximum Gasteiger partial charge on any atom is 0.251 e. The number of pyridine rings is 1. The first-order valence-corrected chi connectivity index (χ1v) is 10.1. The SMILES string of the molecule is CSc1ccc(/C(=C/C2CCOC2)c2ccc(C3CC3)c(=O)[nH]2)cc1. The number of hydrogen-bond donors (Lipinski definition) is 1. The molecule has 1 atom stereocenters. The second-order valence-electron chi connectivity index (χ2n) is 6.86. The number of hydrogen-bond acceptors (Lipinski definition) is 3. The number of aromatic nitrogens is 1. The third-order valence-electron chi connectivity index (χ3n) is 5.02. The number of aromatic amines is 1. The molecule has 0 amide bonds. The van der Waals surface area contributed by atoms with Crippen molar-refractivity contribution in [3.63, 3.8) is 0 Å². The largest absolute Gasteiger partial charge is 0.381 e. The molecule has 1 aliphatic carbocycles. The first kappa shape index (κ1) is 16.7. The van der Waals surface area contributed by atoms with Gasteiger partial charge in [-0.3, -0.25) is 4.79 Å². The molecule has 1 saturated carbocycles. The number of H-pyrrole nitrogens is 1. The van der Waals surface area contributed by atoms with E-state index < -0.39 is 0 Å². The van der Waals surface area contributed by atoms with E-state index in [-0.39, 0.29) is 5.56 Å². The van der Waals surface area contributed by atoms with Crippen molar-refractivity contribution in [2.75, 3.05) is 19.5 Å². The molecule has 1 N–H and O–H groups in total. The zero-order chi connectivity index (χ0) is 17.2. The number of ether oxygens (including phenoxy) is 1. The third-order valence-corrected chi connectivity index (χ3v) is 5.76. The molecule has 2 aromatic rings. The molecule has 0 spiro atoms. The summed E-state index contributed by atoms with van der Waals surface area (Å²) in [5.74, 6) is 0.871. The second-order valence-corrected chi connectivity index (χ2v) is 7.74. The Kier molecular flexibility index (Phi) is 4.82. The van der Waals surface area contributed by atoms with Gasteiger partial charge in [0.15, 0.2) is 0 Å². The highest BCUT2D eigenvalue weighted by Crippen LogP contribution is 2.38. The van der Waals surface area contributed by atoms with E-state index in [9.17, 15) is 4.79 Å². The molecular weight excluding hydrogens is 330 g/mol. The minimum absolute atomic E-state index is 0.0642. The lowest BCUT2D eigenvalue weighted by atomic mass is 9.96. The summed E-state index contributed by atoms with van der Waals surface area (Å²) in [6, 6.07) is 12.6. The van der Waals surface area contributed by atoms with Crippen molar-refractivity contribution < 1.29 is 4.74 Å². The normalized spacial score (nSPS) is 20.8. The highest BCUT2D eigenvalue weighted by atomic mass is 32.2. The lowest BCUT2D eigenvalue weighted by molar-refractivity contribution is 0.191. The number of thioether (sulfide) groups is 1. The van der Waals surface area contributed by atoms with Crippen LogP contribution in [0, 0.1) is 5.92 Å². The maximum atomic E-state index is 12.5. The van der Waals surface area contributed by atoms with E-state index in [2.05, 4.69) is 47.6 Å². The van der Waals surface area contributed by atoms with Gasteiger partial charge in [-0.15, -0.1) is 11.8 Å². The summed E-state index contributed by atoms with van der Waals surface area (Å²) in [7, 11) is 0. The van der Waals surface area contributed by atoms with Crippen molar-refractivity contribution in [2.24, 2.45) is 5.92 Å². The van der Waals surface area contributed by atoms with Crippen LogP contribution in [0.3, 0.4) is 0 Å². The molecule has 130 valence electrons. The molecule has 1 aromatic heterocycles. The monoisotopic (exact) mass is 353 g/mol. The van der Waals surface area contributed by atoms with Gasteiger partial charge < -0.3 is 9.72 Å². The van der Waals surface area contributed by atoms with E-state index in [0.717, 1.165) is 54.9 Å². The molecule has 3 nitrogen and oxygen atoms in total. The summed E-state index contributed by atoms with van der Waals surface area (Å²) in [6.45, 7) is 1.58. The molecular formula is C21H23NO2S. The van der Waals surface area contributed by atoms with E-state index in [1.165, 1.54) is 4.90 Å². The van der Waals surface area contributed by atoms with Gasteiger partial charge in [-0.2, -0.15) is 0 Å². The lowest BCUT2D eigenvalue weighted by Gasteiger charge is -2.12. The summed E-state index contributed by atoms with van der Waals surface area (Å²) in [4.78, 5) is 16.9. The first-order chi connectivity index (χ1) is 12.2. The van der Waals surface area contributed by atoms with Gasteiger partial charge in [0.05, 0.1) is 6.61 Å². The van der Waals surface area contributed by atoms with Crippen molar-refractivity contribution in [3.05, 3.63) is 69.6 Å². The summed E-state index contributed by atoms with van der Waals surface area (Å²) >= 11 is 1.74. The molecule has 0 radical (unpaired) electrons. The minimum atomic E-state index is 0.0642. The average molecular weight is 353 g/mol. The fourth-order valence-corrected chi connectivity index (χ4v) is 3.80. The number of rotatable bonds is 5. The molecule has 2 fully saturated rings. The minimum Gasteiger partial charge on any atom is -0.381 e. The average Bonchev–Trinajstić information content (AvgIpc) is 3.35. The second kappa shape index (κ2) is 7.22. The standard InChI is InChI=1S/C21H23NO2S/c1-25-17-6-4-16(5-7-17)19(12-14-10-11-24-13-14)20-9-8-18(15-2-3-15)21(23)22-20/h4-9,12,14-15H,2-3,10-11,13H2,1H3,(H,22,23)/b19-12-. The van der Waals surface area contributed by atoms with E-state index in [0.29, 0.717) is 11.8 Å². The van der Waals surface area contributed by atoms with Gasteiger partial charge in [0, 0.05) is 34.3 Å². The van der Waals surface area contributed by atoms with E-state index in [1.54, 1.807) is 11.8 Å². The summed E-state index contributed by atoms with van der Waals surface area (Å²) in [5, 5.41) is 0. The predicted molar refractivity (Wildman–Crippen MR) is 103 cm³/mol. The fraction of sp³-hybridized carbons (Fsp3) is 0.381. The van der Waals surface area contributed by atoms with Crippen LogP contribution >= 0.6 is 11.8 Å². The van der Waals surface area contributed by atoms with Crippen LogP contribution in [0.1, 0.15) is 42.0 Å². The molecule has 1 aliphatic heterocycles. The smallest absolute Gasteiger partial charge is 0.251 e. The van der Waals surface area contributed by atoms with Gasteiger partial charge >= 0.3 is 0 Å². The van der Waals surface area contributed by atoms with Gasteiger partial charge in [-0.25, -0.2) is 0 Å². The van der Waals surface area contributed by atoms with Gasteiger partial charge in [0.2, 0.25) is 0 Å². The molecule has 2 aliphatic rings. The van der Waals surface area contributed by atoms with Crippen LogP contribution in [0.4, 0.5) is 0 Å². The Morgan fingerprint density at radius 1 is 1.16 bits per heavy atom. The number of nitrogens with one attached hydrogen (secondary N) is 1. The molecule has 2 heterocycles. The van der Waals surface area contributed by atoms with Crippen molar-refractivity contribution in [2.45, 2.75) is 30.1 Å². The van der Waals surface area contributed by atoms with Crippen LogP contribution in [0.15, 0.2) is 52.2 Å². The van der Waals surface area contributed by atoms with Gasteiger partial charge in [0.1, 0.15) is 0 Å². The van der Waals surface area contributed by atoms with Crippen LogP contribution in [0.5, 0.6) is 0 Å². The van der Waals surface area contributed by atoms with E-state index in [4.69, 9.17) is 4.74 Å². The van der Waals surface area contributed by atoms with Gasteiger partial charge in [-0.1, -0.05) is 24.3 Å². The maximum absolute atomic E-state index is 12.5. The van der Waals surface area contributed by atoms with E-state index in [1.807, 2.05) is 6.07 Å². The molecule has 25 heavy (non-hydrogen) atoms. The molecule has 4 rings (SSSR count). The van der Waals surface area contributed by atoms with Gasteiger partial charge in [0.25, 0.3) is 5.56 Å². The van der Waals surface area contributed by atoms with Crippen molar-refractivity contribution in [1.82, 2.24) is 4.98 Å². The Balaban J connectivity index is 1.73. The van der Waals surface area contributed by atoms with E-state index >= 15 is 0 Å². The highest BCUT2D eigenvalue weighted by Gasteiger charge is 2.26. The number of benzene rings is 1. The Hall–Kier alpha value is -1.78. The van der Waals surface area contributed by atoms with Crippen LogP contribution in [0.2, 0.25) is 0 Å². The van der Waals surface area contributed by atoms with Gasteiger partial charge in [-0.05, 0) is 55.2 Å². The summed E-state index contributed by atoms with van der Waals surface area (Å²) < 4.78 is 5.53. The Morgan fingerprint density at radius 3 is 2.56 bits per heavy atom. The molecule has 1 aromatic carbocycles. The zero-order valence-electron chi connectivity index (χ0n) is 14.5. The third kappa shape index (κ3) is 3.75. The Bertz CT molecular complexity index is 828. The first-order valence-electron chi connectivity index (χ1n) is 8.92. The van der Waals surface area contributed by atoms with Crippen LogP contribution in [-0.2, 0) is 4.74 Å². The quantitative estimate of drug-likeness (QED) is 0.808.